The Morgan fingerprint density at radius 1 is 1.39 bits per heavy atom. The van der Waals surface area contributed by atoms with Gasteiger partial charge in [0.15, 0.2) is 0 Å². The number of carbonyl (C=O) groups excluding carboxylic acids is 1. The third kappa shape index (κ3) is 2.14. The van der Waals surface area contributed by atoms with Crippen molar-refractivity contribution in [3.8, 4) is 0 Å². The van der Waals surface area contributed by atoms with E-state index in [0.29, 0.717) is 12.3 Å². The van der Waals surface area contributed by atoms with Crippen molar-refractivity contribution in [3.63, 3.8) is 0 Å². The van der Waals surface area contributed by atoms with Crippen LogP contribution in [0.15, 0.2) is 0 Å². The highest BCUT2D eigenvalue weighted by atomic mass is 35.5. The van der Waals surface area contributed by atoms with Gasteiger partial charge in [0.05, 0.1) is 12.7 Å². The zero-order valence-electron chi connectivity index (χ0n) is 10.8. The average Bonchev–Trinajstić information content (AvgIpc) is 2.25. The van der Waals surface area contributed by atoms with Crippen molar-refractivity contribution in [3.05, 3.63) is 0 Å². The zero-order chi connectivity index (χ0) is 13.6. The quantitative estimate of drug-likeness (QED) is 0.629. The Hall–Kier alpha value is 0.01000. The van der Waals surface area contributed by atoms with E-state index in [-0.39, 0.29) is 0 Å². The lowest BCUT2D eigenvalue weighted by Crippen LogP contribution is -2.57. The molecule has 0 aromatic carbocycles. The number of methoxy groups -OCH3 is 1. The molecule has 2 aliphatic carbocycles. The maximum atomic E-state index is 11.9. The summed E-state index contributed by atoms with van der Waals surface area (Å²) in [7, 11) is 1.29. The standard InChI is InChI=1S/C13H20Cl2O3/c1-9-6-11(13(14,15)10(16)18-2)4-3-5-12(17,7-9)8-11/h9,17H,3-8H2,1-2H3. The van der Waals surface area contributed by atoms with Gasteiger partial charge in [0.25, 0.3) is 0 Å². The van der Waals surface area contributed by atoms with Crippen molar-refractivity contribution in [1.82, 2.24) is 0 Å². The van der Waals surface area contributed by atoms with Crippen LogP contribution in [0.5, 0.6) is 0 Å². The van der Waals surface area contributed by atoms with E-state index in [2.05, 4.69) is 6.92 Å². The number of aliphatic hydroxyl groups is 1. The Morgan fingerprint density at radius 3 is 2.67 bits per heavy atom. The Bertz CT molecular complexity index is 358. The largest absolute Gasteiger partial charge is 0.467 e. The first-order valence-corrected chi connectivity index (χ1v) is 7.19. The molecule has 0 heterocycles. The minimum atomic E-state index is -1.56. The van der Waals surface area contributed by atoms with Crippen LogP contribution >= 0.6 is 23.2 Å². The minimum Gasteiger partial charge on any atom is -0.467 e. The summed E-state index contributed by atoms with van der Waals surface area (Å²) in [5.41, 5.74) is -1.28. The molecule has 3 atom stereocenters. The van der Waals surface area contributed by atoms with Crippen LogP contribution in [0.4, 0.5) is 0 Å². The number of hydrogen-bond donors (Lipinski definition) is 1. The smallest absolute Gasteiger partial charge is 0.342 e. The number of hydrogen-bond acceptors (Lipinski definition) is 3. The molecule has 18 heavy (non-hydrogen) atoms. The van der Waals surface area contributed by atoms with Gasteiger partial charge < -0.3 is 9.84 Å². The van der Waals surface area contributed by atoms with Gasteiger partial charge in [-0.25, -0.2) is 4.79 Å². The lowest BCUT2D eigenvalue weighted by molar-refractivity contribution is -0.153. The number of carbonyl (C=O) groups is 1. The van der Waals surface area contributed by atoms with Crippen LogP contribution in [0.3, 0.4) is 0 Å². The molecular formula is C13H20Cl2O3. The molecule has 0 aliphatic heterocycles. The summed E-state index contributed by atoms with van der Waals surface area (Å²) in [6.07, 6.45) is 4.40. The van der Waals surface area contributed by atoms with Gasteiger partial charge >= 0.3 is 5.97 Å². The number of halogens is 2. The second kappa shape index (κ2) is 4.53. The van der Waals surface area contributed by atoms with Crippen molar-refractivity contribution >= 4 is 29.2 Å². The molecule has 104 valence electrons. The lowest BCUT2D eigenvalue weighted by Gasteiger charge is -2.55. The summed E-state index contributed by atoms with van der Waals surface area (Å²) in [5.74, 6) is -0.297. The fraction of sp³-hybridized carbons (Fsp3) is 0.923. The first-order valence-electron chi connectivity index (χ1n) is 6.43. The number of ether oxygens (including phenoxy) is 1. The van der Waals surface area contributed by atoms with Crippen LogP contribution in [0.1, 0.15) is 45.4 Å². The minimum absolute atomic E-state index is 0.311. The maximum Gasteiger partial charge on any atom is 0.342 e. The predicted molar refractivity (Wildman–Crippen MR) is 70.7 cm³/mol. The molecule has 2 aliphatic rings. The molecule has 5 heteroatoms. The van der Waals surface area contributed by atoms with Crippen LogP contribution < -0.4 is 0 Å². The van der Waals surface area contributed by atoms with Gasteiger partial charge in [0.2, 0.25) is 4.33 Å². The molecule has 3 nitrogen and oxygen atoms in total. The summed E-state index contributed by atoms with van der Waals surface area (Å²) >= 11 is 12.7. The number of alkyl halides is 2. The van der Waals surface area contributed by atoms with Crippen molar-refractivity contribution in [1.29, 1.82) is 0 Å². The first-order chi connectivity index (χ1) is 8.25. The van der Waals surface area contributed by atoms with Crippen LogP contribution in [0.25, 0.3) is 0 Å². The van der Waals surface area contributed by atoms with Crippen molar-refractivity contribution < 1.29 is 14.6 Å². The fourth-order valence-electron chi connectivity index (χ4n) is 4.04. The van der Waals surface area contributed by atoms with E-state index in [1.807, 2.05) is 0 Å². The highest BCUT2D eigenvalue weighted by Crippen LogP contribution is 2.61. The molecule has 0 amide bonds. The third-order valence-corrected chi connectivity index (χ3v) is 5.65. The van der Waals surface area contributed by atoms with E-state index < -0.39 is 21.3 Å². The third-order valence-electron chi connectivity index (χ3n) is 4.54. The Labute approximate surface area is 118 Å². The topological polar surface area (TPSA) is 46.5 Å². The first kappa shape index (κ1) is 14.4. The normalized spacial score (nSPS) is 40.4. The second-order valence-electron chi connectivity index (χ2n) is 6.11. The molecular weight excluding hydrogens is 275 g/mol. The molecule has 0 saturated heterocycles. The Kier molecular flexibility index (Phi) is 3.63. The monoisotopic (exact) mass is 294 g/mol. The van der Waals surface area contributed by atoms with E-state index in [4.69, 9.17) is 27.9 Å². The Morgan fingerprint density at radius 2 is 2.06 bits per heavy atom. The van der Waals surface area contributed by atoms with E-state index in [1.54, 1.807) is 0 Å². The molecule has 0 radical (unpaired) electrons. The molecule has 2 fully saturated rings. The molecule has 2 bridgehead atoms. The highest BCUT2D eigenvalue weighted by molar-refractivity contribution is 6.58. The maximum absolute atomic E-state index is 11.9. The highest BCUT2D eigenvalue weighted by Gasteiger charge is 2.62. The van der Waals surface area contributed by atoms with Gasteiger partial charge in [-0.05, 0) is 44.4 Å². The van der Waals surface area contributed by atoms with Crippen LogP contribution in [0.2, 0.25) is 0 Å². The van der Waals surface area contributed by atoms with Gasteiger partial charge in [-0.2, -0.15) is 0 Å². The lowest BCUT2D eigenvalue weighted by atomic mass is 9.55. The molecule has 0 aromatic heterocycles. The van der Waals surface area contributed by atoms with Crippen molar-refractivity contribution in [2.45, 2.75) is 55.4 Å². The summed E-state index contributed by atoms with van der Waals surface area (Å²) in [6.45, 7) is 2.07. The fourth-order valence-corrected chi connectivity index (χ4v) is 4.67. The predicted octanol–water partition coefficient (Wildman–Crippen LogP) is 3.05. The van der Waals surface area contributed by atoms with E-state index in [0.717, 1.165) is 32.1 Å². The van der Waals surface area contributed by atoms with Crippen LogP contribution in [0, 0.1) is 11.3 Å². The van der Waals surface area contributed by atoms with Crippen molar-refractivity contribution in [2.24, 2.45) is 11.3 Å². The Balaban J connectivity index is 2.36. The molecule has 0 spiro atoms. The van der Waals surface area contributed by atoms with Gasteiger partial charge in [0, 0.05) is 5.41 Å². The van der Waals surface area contributed by atoms with Gasteiger partial charge in [-0.3, -0.25) is 0 Å². The molecule has 2 rings (SSSR count). The van der Waals surface area contributed by atoms with Crippen molar-refractivity contribution in [2.75, 3.05) is 7.11 Å². The molecule has 1 N–H and O–H groups in total. The zero-order valence-corrected chi connectivity index (χ0v) is 12.4. The number of fused-ring (bicyclic) bond motifs is 2. The molecule has 3 unspecified atom stereocenters. The van der Waals surface area contributed by atoms with E-state index >= 15 is 0 Å². The van der Waals surface area contributed by atoms with E-state index in [1.165, 1.54) is 7.11 Å². The van der Waals surface area contributed by atoms with Gasteiger partial charge in [-0.15, -0.1) is 0 Å². The molecule has 2 saturated carbocycles. The number of esters is 1. The molecule has 0 aromatic rings. The van der Waals surface area contributed by atoms with E-state index in [9.17, 15) is 9.90 Å². The summed E-state index contributed by atoms with van der Waals surface area (Å²) in [4.78, 5) is 11.9. The second-order valence-corrected chi connectivity index (χ2v) is 7.44. The van der Waals surface area contributed by atoms with Gasteiger partial charge in [-0.1, -0.05) is 30.1 Å². The van der Waals surface area contributed by atoms with Gasteiger partial charge in [0.1, 0.15) is 0 Å². The number of rotatable bonds is 2. The van der Waals surface area contributed by atoms with Crippen LogP contribution in [-0.4, -0.2) is 28.1 Å². The SMILES string of the molecule is COC(=O)C(Cl)(Cl)C12CCCC(O)(CC(C)C1)C2. The average molecular weight is 295 g/mol. The summed E-state index contributed by atoms with van der Waals surface area (Å²) in [6, 6.07) is 0. The van der Waals surface area contributed by atoms with Crippen LogP contribution in [-0.2, 0) is 9.53 Å². The summed E-state index contributed by atoms with van der Waals surface area (Å²) < 4.78 is 3.17. The summed E-state index contributed by atoms with van der Waals surface area (Å²) in [5, 5.41) is 10.6.